The molecule has 1 atom stereocenters. The molecule has 3 aromatic rings. The van der Waals surface area contributed by atoms with Gasteiger partial charge in [0.2, 0.25) is 17.6 Å². The summed E-state index contributed by atoms with van der Waals surface area (Å²) in [6.07, 6.45) is 7.26. The van der Waals surface area contributed by atoms with Gasteiger partial charge in [-0.15, -0.1) is 0 Å². The Morgan fingerprint density at radius 3 is 2.59 bits per heavy atom. The van der Waals surface area contributed by atoms with Crippen LogP contribution >= 0.6 is 15.9 Å². The van der Waals surface area contributed by atoms with Gasteiger partial charge in [0.15, 0.2) is 0 Å². The summed E-state index contributed by atoms with van der Waals surface area (Å²) in [5.74, 6) is 0.715. The van der Waals surface area contributed by atoms with Crippen molar-refractivity contribution in [1.29, 1.82) is 0 Å². The molecule has 2 aromatic carbocycles. The molecule has 5 rings (SSSR count). The normalized spacial score (nSPS) is 18.9. The Morgan fingerprint density at radius 1 is 1.00 bits per heavy atom. The maximum atomic E-state index is 13.2. The van der Waals surface area contributed by atoms with Crippen molar-refractivity contribution in [3.8, 4) is 11.4 Å². The van der Waals surface area contributed by atoms with Crippen LogP contribution < -0.4 is 10.6 Å². The van der Waals surface area contributed by atoms with Crippen molar-refractivity contribution in [1.82, 2.24) is 20.4 Å². The molecule has 2 aliphatic rings. The molecule has 8 nitrogen and oxygen atoms in total. The number of nitrogens with one attached hydrogen (secondary N) is 2. The Balaban J connectivity index is 1.19. The summed E-state index contributed by atoms with van der Waals surface area (Å²) in [6, 6.07) is 15.2. The first-order valence-corrected chi connectivity index (χ1v) is 13.9. The van der Waals surface area contributed by atoms with Crippen LogP contribution in [0.15, 0.2) is 57.5 Å². The van der Waals surface area contributed by atoms with Gasteiger partial charge in [0.1, 0.15) is 0 Å². The van der Waals surface area contributed by atoms with Gasteiger partial charge in [-0.25, -0.2) is 0 Å². The standard InChI is InChI=1S/C28H32BrN5O3/c29-21-14-12-19(13-15-21)26-32-25(37-33-26)18-34-16-6-7-20(17-34)27(35)31-24-11-5-4-10-23(24)28(36)30-22-8-2-1-3-9-22/h4-5,10-15,20,22H,1-3,6-9,16-18H2,(H,30,36)(H,31,35). The summed E-state index contributed by atoms with van der Waals surface area (Å²) < 4.78 is 6.48. The first-order valence-electron chi connectivity index (χ1n) is 13.1. The molecule has 1 aliphatic carbocycles. The van der Waals surface area contributed by atoms with E-state index in [1.54, 1.807) is 12.1 Å². The molecule has 0 spiro atoms. The summed E-state index contributed by atoms with van der Waals surface area (Å²) in [6.45, 7) is 1.95. The minimum absolute atomic E-state index is 0.0660. The number of hydrogen-bond acceptors (Lipinski definition) is 6. The Morgan fingerprint density at radius 2 is 1.78 bits per heavy atom. The molecule has 1 saturated heterocycles. The van der Waals surface area contributed by atoms with E-state index < -0.39 is 0 Å². The lowest BCUT2D eigenvalue weighted by Gasteiger charge is -2.31. The van der Waals surface area contributed by atoms with Gasteiger partial charge in [-0.1, -0.05) is 52.5 Å². The summed E-state index contributed by atoms with van der Waals surface area (Å²) in [5, 5.41) is 10.3. The molecule has 2 fully saturated rings. The highest BCUT2D eigenvalue weighted by Crippen LogP contribution is 2.24. The summed E-state index contributed by atoms with van der Waals surface area (Å²) in [5.41, 5.74) is 1.97. The molecular formula is C28H32BrN5O3. The van der Waals surface area contributed by atoms with Crippen molar-refractivity contribution < 1.29 is 14.1 Å². The smallest absolute Gasteiger partial charge is 0.253 e. The topological polar surface area (TPSA) is 100 Å². The van der Waals surface area contributed by atoms with E-state index in [1.807, 2.05) is 36.4 Å². The molecule has 1 aromatic heterocycles. The van der Waals surface area contributed by atoms with Crippen LogP contribution in [-0.4, -0.2) is 46.0 Å². The molecule has 9 heteroatoms. The lowest BCUT2D eigenvalue weighted by molar-refractivity contribution is -0.121. The number of benzene rings is 2. The quantitative estimate of drug-likeness (QED) is 0.397. The molecule has 0 radical (unpaired) electrons. The zero-order valence-corrected chi connectivity index (χ0v) is 22.4. The van der Waals surface area contributed by atoms with Gasteiger partial charge in [-0.3, -0.25) is 14.5 Å². The third-order valence-corrected chi connectivity index (χ3v) is 7.70. The summed E-state index contributed by atoms with van der Waals surface area (Å²) in [7, 11) is 0. The van der Waals surface area contributed by atoms with E-state index in [9.17, 15) is 9.59 Å². The fourth-order valence-electron chi connectivity index (χ4n) is 5.17. The molecule has 37 heavy (non-hydrogen) atoms. The van der Waals surface area contributed by atoms with Crippen LogP contribution in [0.25, 0.3) is 11.4 Å². The Labute approximate surface area is 225 Å². The van der Waals surface area contributed by atoms with Crippen molar-refractivity contribution in [2.45, 2.75) is 57.5 Å². The van der Waals surface area contributed by atoms with E-state index in [0.717, 1.165) is 55.1 Å². The first-order chi connectivity index (χ1) is 18.0. The van der Waals surface area contributed by atoms with E-state index >= 15 is 0 Å². The fourth-order valence-corrected chi connectivity index (χ4v) is 5.44. The van der Waals surface area contributed by atoms with Crippen molar-refractivity contribution >= 4 is 33.4 Å². The zero-order chi connectivity index (χ0) is 25.6. The number of anilines is 1. The number of rotatable bonds is 7. The van der Waals surface area contributed by atoms with E-state index in [2.05, 4.69) is 41.6 Å². The van der Waals surface area contributed by atoms with Crippen LogP contribution in [0.3, 0.4) is 0 Å². The van der Waals surface area contributed by atoms with Gasteiger partial charge in [-0.2, -0.15) is 4.98 Å². The predicted molar refractivity (Wildman–Crippen MR) is 145 cm³/mol. The Bertz CT molecular complexity index is 1220. The van der Waals surface area contributed by atoms with Gasteiger partial charge in [0.05, 0.1) is 23.7 Å². The Hall–Kier alpha value is -3.04. The molecule has 1 aliphatic heterocycles. The molecule has 2 heterocycles. The number of amides is 2. The van der Waals surface area contributed by atoms with Gasteiger partial charge < -0.3 is 15.2 Å². The number of carbonyl (C=O) groups excluding carboxylic acids is 2. The number of aromatic nitrogens is 2. The van der Waals surface area contributed by atoms with Gasteiger partial charge in [0.25, 0.3) is 5.91 Å². The second-order valence-corrected chi connectivity index (χ2v) is 10.9. The van der Waals surface area contributed by atoms with Gasteiger partial charge in [-0.05, 0) is 68.6 Å². The highest BCUT2D eigenvalue weighted by Gasteiger charge is 2.28. The number of para-hydroxylation sites is 1. The zero-order valence-electron chi connectivity index (χ0n) is 20.8. The molecule has 1 unspecified atom stereocenters. The van der Waals surface area contributed by atoms with E-state index in [0.29, 0.717) is 36.1 Å². The predicted octanol–water partition coefficient (Wildman–Crippen LogP) is 5.41. The second kappa shape index (κ2) is 12.0. The van der Waals surface area contributed by atoms with E-state index in [-0.39, 0.29) is 23.8 Å². The van der Waals surface area contributed by atoms with E-state index in [1.165, 1.54) is 6.42 Å². The third-order valence-electron chi connectivity index (χ3n) is 7.18. The van der Waals surface area contributed by atoms with Crippen molar-refractivity contribution in [3.05, 3.63) is 64.5 Å². The monoisotopic (exact) mass is 565 g/mol. The SMILES string of the molecule is O=C(NC1CCCCC1)c1ccccc1NC(=O)C1CCCN(Cc2nc(-c3ccc(Br)cc3)no2)C1. The molecule has 0 bridgehead atoms. The number of nitrogens with zero attached hydrogens (tertiary/aromatic N) is 3. The number of carbonyl (C=O) groups is 2. The molecule has 2 N–H and O–H groups in total. The van der Waals surface area contributed by atoms with Crippen molar-refractivity contribution in [2.24, 2.45) is 5.92 Å². The summed E-state index contributed by atoms with van der Waals surface area (Å²) in [4.78, 5) is 32.9. The first kappa shape index (κ1) is 25.6. The number of halogens is 1. The fraction of sp³-hybridized carbons (Fsp3) is 0.429. The average Bonchev–Trinajstić information content (AvgIpc) is 3.38. The number of likely N-dealkylation sites (tertiary alicyclic amines) is 1. The van der Waals surface area contributed by atoms with Crippen LogP contribution in [0.4, 0.5) is 5.69 Å². The minimum atomic E-state index is -0.183. The molecule has 2 amide bonds. The Kier molecular flexibility index (Phi) is 8.31. The maximum Gasteiger partial charge on any atom is 0.253 e. The second-order valence-electron chi connectivity index (χ2n) is 9.94. The van der Waals surface area contributed by atoms with Gasteiger partial charge >= 0.3 is 0 Å². The van der Waals surface area contributed by atoms with Crippen LogP contribution in [0.5, 0.6) is 0 Å². The number of piperidine rings is 1. The lowest BCUT2D eigenvalue weighted by Crippen LogP contribution is -2.40. The highest BCUT2D eigenvalue weighted by atomic mass is 79.9. The van der Waals surface area contributed by atoms with Crippen LogP contribution in [0, 0.1) is 5.92 Å². The average molecular weight is 567 g/mol. The lowest BCUT2D eigenvalue weighted by atomic mass is 9.95. The third kappa shape index (κ3) is 6.64. The van der Waals surface area contributed by atoms with Gasteiger partial charge in [0, 0.05) is 22.6 Å². The largest absolute Gasteiger partial charge is 0.349 e. The van der Waals surface area contributed by atoms with Crippen molar-refractivity contribution in [2.75, 3.05) is 18.4 Å². The minimum Gasteiger partial charge on any atom is -0.349 e. The maximum absolute atomic E-state index is 13.2. The number of hydrogen-bond donors (Lipinski definition) is 2. The van der Waals surface area contributed by atoms with Crippen LogP contribution in [0.1, 0.15) is 61.2 Å². The van der Waals surface area contributed by atoms with Crippen LogP contribution in [0.2, 0.25) is 0 Å². The molecular weight excluding hydrogens is 534 g/mol. The van der Waals surface area contributed by atoms with Crippen molar-refractivity contribution in [3.63, 3.8) is 0 Å². The van der Waals surface area contributed by atoms with E-state index in [4.69, 9.17) is 4.52 Å². The highest BCUT2D eigenvalue weighted by molar-refractivity contribution is 9.10. The molecule has 1 saturated carbocycles. The molecule has 194 valence electrons. The van der Waals surface area contributed by atoms with Crippen LogP contribution in [-0.2, 0) is 11.3 Å². The summed E-state index contributed by atoms with van der Waals surface area (Å²) >= 11 is 3.43.